The van der Waals surface area contributed by atoms with E-state index in [1.807, 2.05) is 6.92 Å². The molecule has 0 aliphatic carbocycles. The normalized spacial score (nSPS) is 10.7. The third-order valence-electron chi connectivity index (χ3n) is 2.34. The molecule has 0 atom stereocenters. The quantitative estimate of drug-likeness (QED) is 0.768. The van der Waals surface area contributed by atoms with Gasteiger partial charge in [-0.25, -0.2) is 0 Å². The average Bonchev–Trinajstić information content (AvgIpc) is 2.53. The van der Waals surface area contributed by atoms with Crippen molar-refractivity contribution in [3.63, 3.8) is 0 Å². The summed E-state index contributed by atoms with van der Waals surface area (Å²) in [6.45, 7) is 4.20. The molecule has 0 amide bonds. The minimum absolute atomic E-state index is 0.415. The van der Waals surface area contributed by atoms with Gasteiger partial charge < -0.3 is 9.15 Å². The fourth-order valence-electron chi connectivity index (χ4n) is 1.70. The average molecular weight is 239 g/mol. The van der Waals surface area contributed by atoms with Crippen LogP contribution in [0.1, 0.15) is 23.0 Å². The number of halogens is 1. The fourth-order valence-corrected chi connectivity index (χ4v) is 1.93. The van der Waals surface area contributed by atoms with Gasteiger partial charge in [0.05, 0.1) is 12.2 Å². The number of hydrogen-bond donors (Lipinski definition) is 0. The molecule has 3 nitrogen and oxygen atoms in total. The summed E-state index contributed by atoms with van der Waals surface area (Å²) >= 11 is 5.52. The van der Waals surface area contributed by atoms with E-state index in [2.05, 4.69) is 0 Å². The molecule has 16 heavy (non-hydrogen) atoms. The second-order valence-corrected chi connectivity index (χ2v) is 3.74. The molecule has 1 aromatic carbocycles. The molecular formula is C12H11ClO3. The molecule has 0 bridgehead atoms. The van der Waals surface area contributed by atoms with Crippen LogP contribution in [0.25, 0.3) is 11.0 Å². The van der Waals surface area contributed by atoms with Crippen LogP contribution in [0.4, 0.5) is 0 Å². The molecule has 0 unspecified atom stereocenters. The monoisotopic (exact) mass is 238 g/mol. The minimum Gasteiger partial charge on any atom is -0.494 e. The van der Waals surface area contributed by atoms with Crippen molar-refractivity contribution in [1.29, 1.82) is 0 Å². The van der Waals surface area contributed by atoms with Crippen molar-refractivity contribution in [2.45, 2.75) is 13.8 Å². The number of hydrogen-bond acceptors (Lipinski definition) is 3. The van der Waals surface area contributed by atoms with E-state index >= 15 is 0 Å². The Bertz CT molecular complexity index is 542. The summed E-state index contributed by atoms with van der Waals surface area (Å²) in [5.41, 5.74) is 1.06. The van der Waals surface area contributed by atoms with E-state index in [4.69, 9.17) is 20.8 Å². The third kappa shape index (κ3) is 1.78. The molecule has 0 radical (unpaired) electrons. The van der Waals surface area contributed by atoms with E-state index in [1.165, 1.54) is 0 Å². The van der Waals surface area contributed by atoms with Crippen LogP contribution in [-0.2, 0) is 0 Å². The Hall–Kier alpha value is -1.48. The van der Waals surface area contributed by atoms with Crippen LogP contribution < -0.4 is 4.74 Å². The van der Waals surface area contributed by atoms with E-state index in [0.29, 0.717) is 34.6 Å². The Morgan fingerprint density at radius 1 is 1.50 bits per heavy atom. The summed E-state index contributed by atoms with van der Waals surface area (Å²) < 4.78 is 10.8. The molecule has 2 aromatic rings. The highest BCUT2D eigenvalue weighted by molar-refractivity contribution is 6.68. The van der Waals surface area contributed by atoms with E-state index < -0.39 is 5.24 Å². The molecule has 0 N–H and O–H groups in total. The summed E-state index contributed by atoms with van der Waals surface area (Å²) in [6.07, 6.45) is 0. The molecule has 4 heteroatoms. The second-order valence-electron chi connectivity index (χ2n) is 3.40. The van der Waals surface area contributed by atoms with Gasteiger partial charge in [-0.3, -0.25) is 4.79 Å². The molecule has 2 rings (SSSR count). The van der Waals surface area contributed by atoms with Gasteiger partial charge in [-0.1, -0.05) is 0 Å². The van der Waals surface area contributed by atoms with E-state index in [9.17, 15) is 4.79 Å². The second kappa shape index (κ2) is 4.18. The molecule has 1 aromatic heterocycles. The van der Waals surface area contributed by atoms with Crippen molar-refractivity contribution in [2.24, 2.45) is 0 Å². The Labute approximate surface area is 97.9 Å². The van der Waals surface area contributed by atoms with Gasteiger partial charge in [-0.15, -0.1) is 0 Å². The smallest absolute Gasteiger partial charge is 0.256 e. The lowest BCUT2D eigenvalue weighted by Gasteiger charge is -2.01. The van der Waals surface area contributed by atoms with Crippen LogP contribution in [0.3, 0.4) is 0 Å². The van der Waals surface area contributed by atoms with Gasteiger partial charge in [0.15, 0.2) is 0 Å². The van der Waals surface area contributed by atoms with Crippen LogP contribution >= 0.6 is 11.6 Å². The van der Waals surface area contributed by atoms with Gasteiger partial charge in [0, 0.05) is 5.39 Å². The predicted octanol–water partition coefficient (Wildman–Crippen LogP) is 3.52. The first-order chi connectivity index (χ1) is 7.63. The van der Waals surface area contributed by atoms with Crippen molar-refractivity contribution in [1.82, 2.24) is 0 Å². The van der Waals surface area contributed by atoms with Crippen LogP contribution in [0.5, 0.6) is 5.75 Å². The van der Waals surface area contributed by atoms with Gasteiger partial charge in [0.2, 0.25) is 0 Å². The van der Waals surface area contributed by atoms with Crippen molar-refractivity contribution in [3.05, 3.63) is 29.5 Å². The van der Waals surface area contributed by atoms with E-state index in [1.54, 1.807) is 25.1 Å². The Kier molecular flexibility index (Phi) is 2.88. The Balaban J connectivity index is 2.64. The standard InChI is InChI=1S/C12H11ClO3/c1-3-15-8-4-5-10-9(6-8)11(12(13)14)7(2)16-10/h4-6H,3H2,1-2H3. The highest BCUT2D eigenvalue weighted by atomic mass is 35.5. The maximum atomic E-state index is 11.3. The SMILES string of the molecule is CCOc1ccc2oc(C)c(C(=O)Cl)c2c1. The van der Waals surface area contributed by atoms with Crippen molar-refractivity contribution < 1.29 is 13.9 Å². The fraction of sp³-hybridized carbons (Fsp3) is 0.250. The zero-order valence-electron chi connectivity index (χ0n) is 9.04. The summed E-state index contributed by atoms with van der Waals surface area (Å²) in [4.78, 5) is 11.3. The number of aryl methyl sites for hydroxylation is 1. The lowest BCUT2D eigenvalue weighted by atomic mass is 10.1. The number of fused-ring (bicyclic) bond motifs is 1. The first-order valence-electron chi connectivity index (χ1n) is 4.99. The van der Waals surface area contributed by atoms with Crippen molar-refractivity contribution >= 4 is 27.8 Å². The summed E-state index contributed by atoms with van der Waals surface area (Å²) in [5, 5.41) is 0.188. The zero-order chi connectivity index (χ0) is 11.7. The van der Waals surface area contributed by atoms with Crippen LogP contribution in [0, 0.1) is 6.92 Å². The molecule has 0 saturated carbocycles. The van der Waals surface area contributed by atoms with Crippen molar-refractivity contribution in [2.75, 3.05) is 6.61 Å². The molecular weight excluding hydrogens is 228 g/mol. The maximum absolute atomic E-state index is 11.3. The molecule has 0 aliphatic heterocycles. The predicted molar refractivity (Wildman–Crippen MR) is 62.3 cm³/mol. The lowest BCUT2D eigenvalue weighted by Crippen LogP contribution is -1.92. The Morgan fingerprint density at radius 3 is 2.88 bits per heavy atom. The van der Waals surface area contributed by atoms with E-state index in [-0.39, 0.29) is 0 Å². The first kappa shape index (κ1) is 11.0. The van der Waals surface area contributed by atoms with Crippen molar-refractivity contribution in [3.8, 4) is 5.75 Å². The number of carbonyl (C=O) groups excluding carboxylic acids is 1. The molecule has 1 heterocycles. The zero-order valence-corrected chi connectivity index (χ0v) is 9.80. The Morgan fingerprint density at radius 2 is 2.25 bits per heavy atom. The highest BCUT2D eigenvalue weighted by Gasteiger charge is 2.16. The van der Waals surface area contributed by atoms with Crippen LogP contribution in [-0.4, -0.2) is 11.8 Å². The number of benzene rings is 1. The number of furan rings is 1. The molecule has 0 aliphatic rings. The number of ether oxygens (including phenoxy) is 1. The van der Waals surface area contributed by atoms with Crippen LogP contribution in [0.2, 0.25) is 0 Å². The van der Waals surface area contributed by atoms with Gasteiger partial charge in [0.25, 0.3) is 5.24 Å². The first-order valence-corrected chi connectivity index (χ1v) is 5.37. The summed E-state index contributed by atoms with van der Waals surface area (Å²) in [6, 6.07) is 5.35. The highest BCUT2D eigenvalue weighted by Crippen LogP contribution is 2.30. The largest absolute Gasteiger partial charge is 0.494 e. The molecule has 0 saturated heterocycles. The molecule has 0 spiro atoms. The lowest BCUT2D eigenvalue weighted by molar-refractivity contribution is 0.108. The molecule has 84 valence electrons. The summed E-state index contributed by atoms with van der Waals surface area (Å²) in [7, 11) is 0. The number of carbonyl (C=O) groups is 1. The van der Waals surface area contributed by atoms with Gasteiger partial charge in [0.1, 0.15) is 17.1 Å². The maximum Gasteiger partial charge on any atom is 0.256 e. The van der Waals surface area contributed by atoms with Crippen LogP contribution in [0.15, 0.2) is 22.6 Å². The topological polar surface area (TPSA) is 39.4 Å². The third-order valence-corrected chi connectivity index (χ3v) is 2.53. The van der Waals surface area contributed by atoms with E-state index in [0.717, 1.165) is 0 Å². The minimum atomic E-state index is -0.509. The molecule has 0 fully saturated rings. The number of rotatable bonds is 3. The van der Waals surface area contributed by atoms with Gasteiger partial charge in [-0.2, -0.15) is 0 Å². The van der Waals surface area contributed by atoms with Gasteiger partial charge >= 0.3 is 0 Å². The van der Waals surface area contributed by atoms with Gasteiger partial charge in [-0.05, 0) is 43.6 Å². The summed E-state index contributed by atoms with van der Waals surface area (Å²) in [5.74, 6) is 1.23.